The zero-order valence-corrected chi connectivity index (χ0v) is 16.9. The van der Waals surface area contributed by atoms with Crippen LogP contribution in [-0.2, 0) is 17.9 Å². The topological polar surface area (TPSA) is 79.0 Å². The molecule has 0 unspecified atom stereocenters. The van der Waals surface area contributed by atoms with Gasteiger partial charge in [-0.1, -0.05) is 50.2 Å². The lowest BCUT2D eigenvalue weighted by Crippen LogP contribution is -2.28. The van der Waals surface area contributed by atoms with Crippen LogP contribution in [0.2, 0.25) is 0 Å². The fraction of sp³-hybridized carbons (Fsp3) is 0.217. The van der Waals surface area contributed by atoms with Gasteiger partial charge in [0.15, 0.2) is 5.69 Å². The molecule has 2 aromatic carbocycles. The SMILES string of the molecule is CC(C)Cn1nc(C(=O)OCc2ccn(-c3ccccc3)n2)c2ccccc2c1=O. The second-order valence-electron chi connectivity index (χ2n) is 7.44. The monoisotopic (exact) mass is 402 g/mol. The summed E-state index contributed by atoms with van der Waals surface area (Å²) >= 11 is 0. The van der Waals surface area contributed by atoms with Gasteiger partial charge in [-0.05, 0) is 30.2 Å². The Hall–Kier alpha value is -3.74. The van der Waals surface area contributed by atoms with Crippen molar-refractivity contribution in [1.29, 1.82) is 0 Å². The summed E-state index contributed by atoms with van der Waals surface area (Å²) in [7, 11) is 0. The van der Waals surface area contributed by atoms with E-state index in [4.69, 9.17) is 4.74 Å². The highest BCUT2D eigenvalue weighted by Crippen LogP contribution is 2.16. The van der Waals surface area contributed by atoms with Crippen molar-refractivity contribution in [2.24, 2.45) is 5.92 Å². The van der Waals surface area contributed by atoms with Crippen molar-refractivity contribution in [2.75, 3.05) is 0 Å². The number of hydrogen-bond acceptors (Lipinski definition) is 5. The van der Waals surface area contributed by atoms with E-state index in [9.17, 15) is 9.59 Å². The number of ether oxygens (including phenoxy) is 1. The van der Waals surface area contributed by atoms with Crippen LogP contribution >= 0.6 is 0 Å². The lowest BCUT2D eigenvalue weighted by atomic mass is 10.1. The summed E-state index contributed by atoms with van der Waals surface area (Å²) in [5, 5.41) is 9.69. The average molecular weight is 402 g/mol. The standard InChI is InChI=1S/C23H22N4O3/c1-16(2)14-27-22(28)20-11-7-6-10-19(20)21(25-27)23(29)30-15-17-12-13-26(24-17)18-8-4-3-5-9-18/h3-13,16H,14-15H2,1-2H3. The molecule has 0 saturated heterocycles. The van der Waals surface area contributed by atoms with E-state index in [1.54, 1.807) is 35.0 Å². The van der Waals surface area contributed by atoms with Gasteiger partial charge < -0.3 is 4.74 Å². The lowest BCUT2D eigenvalue weighted by Gasteiger charge is -2.12. The van der Waals surface area contributed by atoms with Crippen molar-refractivity contribution in [1.82, 2.24) is 19.6 Å². The number of hydrogen-bond donors (Lipinski definition) is 0. The second-order valence-corrected chi connectivity index (χ2v) is 7.44. The van der Waals surface area contributed by atoms with Crippen molar-refractivity contribution >= 4 is 16.7 Å². The number of rotatable bonds is 6. The van der Waals surface area contributed by atoms with Gasteiger partial charge in [0.1, 0.15) is 12.3 Å². The third-order valence-corrected chi connectivity index (χ3v) is 4.62. The highest BCUT2D eigenvalue weighted by molar-refractivity contribution is 6.02. The molecular formula is C23H22N4O3. The normalized spacial score (nSPS) is 11.2. The Morgan fingerprint density at radius 2 is 1.67 bits per heavy atom. The van der Waals surface area contributed by atoms with Gasteiger partial charge in [-0.25, -0.2) is 14.2 Å². The maximum absolute atomic E-state index is 12.8. The number of para-hydroxylation sites is 1. The first-order valence-electron chi connectivity index (χ1n) is 9.80. The van der Waals surface area contributed by atoms with Crippen molar-refractivity contribution in [3.8, 4) is 5.69 Å². The smallest absolute Gasteiger partial charge is 0.359 e. The summed E-state index contributed by atoms with van der Waals surface area (Å²) < 4.78 is 8.54. The first-order valence-corrected chi connectivity index (χ1v) is 9.80. The summed E-state index contributed by atoms with van der Waals surface area (Å²) in [5.74, 6) is -0.375. The first kappa shape index (κ1) is 19.6. The van der Waals surface area contributed by atoms with Crippen LogP contribution in [0.5, 0.6) is 0 Å². The van der Waals surface area contributed by atoms with E-state index >= 15 is 0 Å². The van der Waals surface area contributed by atoms with Gasteiger partial charge in [-0.15, -0.1) is 0 Å². The number of benzene rings is 2. The number of fused-ring (bicyclic) bond motifs is 1. The third kappa shape index (κ3) is 4.00. The van der Waals surface area contributed by atoms with Crippen molar-refractivity contribution < 1.29 is 9.53 Å². The molecule has 2 heterocycles. The Balaban J connectivity index is 1.58. The molecular weight excluding hydrogens is 380 g/mol. The number of esters is 1. The van der Waals surface area contributed by atoms with Crippen LogP contribution in [0.1, 0.15) is 30.0 Å². The van der Waals surface area contributed by atoms with Crippen LogP contribution in [0.3, 0.4) is 0 Å². The van der Waals surface area contributed by atoms with E-state index in [0.717, 1.165) is 5.69 Å². The number of nitrogens with zero attached hydrogens (tertiary/aromatic N) is 4. The third-order valence-electron chi connectivity index (χ3n) is 4.62. The predicted molar refractivity (Wildman–Crippen MR) is 114 cm³/mol. The Labute approximate surface area is 173 Å². The molecule has 0 amide bonds. The van der Waals surface area contributed by atoms with Crippen LogP contribution in [0.15, 0.2) is 71.7 Å². The van der Waals surface area contributed by atoms with Crippen molar-refractivity contribution in [3.05, 3.63) is 88.6 Å². The second kappa shape index (κ2) is 8.32. The van der Waals surface area contributed by atoms with Gasteiger partial charge in [0.2, 0.25) is 0 Å². The number of aromatic nitrogens is 4. The molecule has 0 aliphatic carbocycles. The molecule has 30 heavy (non-hydrogen) atoms. The van der Waals surface area contributed by atoms with Gasteiger partial charge in [-0.2, -0.15) is 10.2 Å². The van der Waals surface area contributed by atoms with Crippen LogP contribution < -0.4 is 5.56 Å². The largest absolute Gasteiger partial charge is 0.454 e. The van der Waals surface area contributed by atoms with Crippen molar-refractivity contribution in [3.63, 3.8) is 0 Å². The summed E-state index contributed by atoms with van der Waals surface area (Å²) in [6, 6.07) is 18.4. The van der Waals surface area contributed by atoms with Crippen LogP contribution in [0.25, 0.3) is 16.5 Å². The summed E-state index contributed by atoms with van der Waals surface area (Å²) in [5.41, 5.74) is 1.46. The lowest BCUT2D eigenvalue weighted by molar-refractivity contribution is 0.0459. The molecule has 0 N–H and O–H groups in total. The highest BCUT2D eigenvalue weighted by atomic mass is 16.5. The minimum atomic E-state index is -0.585. The predicted octanol–water partition coefficient (Wildman–Crippen LogP) is 3.60. The fourth-order valence-electron chi connectivity index (χ4n) is 3.23. The molecule has 0 atom stereocenters. The molecule has 0 bridgehead atoms. The molecule has 4 rings (SSSR count). The van der Waals surface area contributed by atoms with Gasteiger partial charge in [0.05, 0.1) is 11.1 Å². The van der Waals surface area contributed by atoms with E-state index in [-0.39, 0.29) is 23.8 Å². The molecule has 0 spiro atoms. The Bertz CT molecular complexity index is 1240. The molecule has 0 aliphatic rings. The molecule has 0 fully saturated rings. The average Bonchev–Trinajstić information content (AvgIpc) is 3.23. The molecule has 2 aromatic heterocycles. The van der Waals surface area contributed by atoms with Gasteiger partial charge >= 0.3 is 5.97 Å². The Morgan fingerprint density at radius 3 is 2.40 bits per heavy atom. The highest BCUT2D eigenvalue weighted by Gasteiger charge is 2.19. The summed E-state index contributed by atoms with van der Waals surface area (Å²) in [4.78, 5) is 25.5. The zero-order valence-electron chi connectivity index (χ0n) is 16.9. The maximum atomic E-state index is 12.8. The van der Waals surface area contributed by atoms with Crippen molar-refractivity contribution in [2.45, 2.75) is 27.0 Å². The summed E-state index contributed by atoms with van der Waals surface area (Å²) in [6.45, 7) is 4.41. The van der Waals surface area contributed by atoms with E-state index in [2.05, 4.69) is 10.2 Å². The minimum absolute atomic E-state index is 0.0119. The molecule has 7 nitrogen and oxygen atoms in total. The molecule has 0 radical (unpaired) electrons. The fourth-order valence-corrected chi connectivity index (χ4v) is 3.23. The van der Waals surface area contributed by atoms with Crippen LogP contribution in [0, 0.1) is 5.92 Å². The zero-order chi connectivity index (χ0) is 21.1. The molecule has 0 aliphatic heterocycles. The van der Waals surface area contributed by atoms with E-state index in [1.165, 1.54) is 4.68 Å². The molecule has 0 saturated carbocycles. The maximum Gasteiger partial charge on any atom is 0.359 e. The molecule has 152 valence electrons. The van der Waals surface area contributed by atoms with Crippen LogP contribution in [-0.4, -0.2) is 25.5 Å². The summed E-state index contributed by atoms with van der Waals surface area (Å²) in [6.07, 6.45) is 1.81. The van der Waals surface area contributed by atoms with Gasteiger partial charge in [0, 0.05) is 18.1 Å². The first-order chi connectivity index (χ1) is 14.5. The number of carbonyl (C=O) groups is 1. The molecule has 7 heteroatoms. The van der Waals surface area contributed by atoms with Gasteiger partial charge in [0.25, 0.3) is 5.56 Å². The Kier molecular flexibility index (Phi) is 5.43. The molecule has 4 aromatic rings. The van der Waals surface area contributed by atoms with E-state index < -0.39 is 5.97 Å². The van der Waals surface area contributed by atoms with Gasteiger partial charge in [-0.3, -0.25) is 4.79 Å². The quantitative estimate of drug-likeness (QED) is 0.461. The van der Waals surface area contributed by atoms with E-state index in [0.29, 0.717) is 23.0 Å². The van der Waals surface area contributed by atoms with Crippen LogP contribution in [0.4, 0.5) is 0 Å². The van der Waals surface area contributed by atoms with E-state index in [1.807, 2.05) is 50.4 Å². The number of carbonyl (C=O) groups excluding carboxylic acids is 1. The minimum Gasteiger partial charge on any atom is -0.454 e. The Morgan fingerprint density at radius 1 is 0.967 bits per heavy atom.